The molecule has 1 saturated carbocycles. The number of halogens is 1. The van der Waals surface area contributed by atoms with E-state index in [1.54, 1.807) is 18.2 Å². The van der Waals surface area contributed by atoms with Crippen LogP contribution >= 0.6 is 15.9 Å². The molecule has 0 aliphatic heterocycles. The van der Waals surface area contributed by atoms with Crippen LogP contribution in [0.4, 0.5) is 11.4 Å². The summed E-state index contributed by atoms with van der Waals surface area (Å²) in [6, 6.07) is 9.51. The second-order valence-electron chi connectivity index (χ2n) is 6.55. The molecule has 1 aliphatic carbocycles. The standard InChI is InChI=1S/C18H19BrN2O4S/c1-12-6-8-14(9-7-12)26(24,25)20-17-10-15(13-4-2-3-5-13)18(21(22)23)11-16(17)19/h6-11,13,20H,2-5H2,1H3. The van der Waals surface area contributed by atoms with Crippen LogP contribution in [0, 0.1) is 17.0 Å². The Labute approximate surface area is 161 Å². The predicted molar refractivity (Wildman–Crippen MR) is 104 cm³/mol. The molecule has 0 radical (unpaired) electrons. The van der Waals surface area contributed by atoms with Crippen molar-refractivity contribution < 1.29 is 13.3 Å². The number of nitrogens with zero attached hydrogens (tertiary/aromatic N) is 1. The summed E-state index contributed by atoms with van der Waals surface area (Å²) in [6.45, 7) is 1.88. The van der Waals surface area contributed by atoms with Gasteiger partial charge in [-0.15, -0.1) is 0 Å². The van der Waals surface area contributed by atoms with Crippen LogP contribution in [0.25, 0.3) is 0 Å². The molecule has 8 heteroatoms. The van der Waals surface area contributed by atoms with Gasteiger partial charge >= 0.3 is 0 Å². The lowest BCUT2D eigenvalue weighted by atomic mass is 9.95. The molecule has 0 bridgehead atoms. The van der Waals surface area contributed by atoms with E-state index in [0.717, 1.165) is 31.2 Å². The zero-order valence-electron chi connectivity index (χ0n) is 14.2. The van der Waals surface area contributed by atoms with E-state index in [1.165, 1.54) is 18.2 Å². The maximum absolute atomic E-state index is 12.7. The topological polar surface area (TPSA) is 89.3 Å². The summed E-state index contributed by atoms with van der Waals surface area (Å²) in [7, 11) is -3.78. The van der Waals surface area contributed by atoms with Crippen molar-refractivity contribution in [2.24, 2.45) is 0 Å². The number of nitrogens with one attached hydrogen (secondary N) is 1. The van der Waals surface area contributed by atoms with Gasteiger partial charge in [0.05, 0.1) is 15.5 Å². The molecule has 2 aromatic carbocycles. The van der Waals surface area contributed by atoms with Crippen LogP contribution in [0.2, 0.25) is 0 Å². The molecule has 1 aliphatic rings. The summed E-state index contributed by atoms with van der Waals surface area (Å²) in [5.41, 5.74) is 1.90. The number of benzene rings is 2. The number of hydrogen-bond donors (Lipinski definition) is 1. The van der Waals surface area contributed by atoms with Gasteiger partial charge in [-0.3, -0.25) is 14.8 Å². The minimum atomic E-state index is -3.78. The van der Waals surface area contributed by atoms with E-state index in [4.69, 9.17) is 0 Å². The number of aryl methyl sites for hydroxylation is 1. The molecule has 0 amide bonds. The summed E-state index contributed by atoms with van der Waals surface area (Å²) >= 11 is 3.26. The number of hydrogen-bond acceptors (Lipinski definition) is 4. The molecule has 1 N–H and O–H groups in total. The molecule has 0 heterocycles. The molecule has 1 fully saturated rings. The first-order valence-corrected chi connectivity index (χ1v) is 10.6. The second kappa shape index (κ2) is 7.36. The average molecular weight is 439 g/mol. The highest BCUT2D eigenvalue weighted by Gasteiger charge is 2.28. The fraction of sp³-hybridized carbons (Fsp3) is 0.333. The van der Waals surface area contributed by atoms with E-state index in [2.05, 4.69) is 20.7 Å². The van der Waals surface area contributed by atoms with Crippen LogP contribution in [0.15, 0.2) is 45.8 Å². The van der Waals surface area contributed by atoms with Gasteiger partial charge in [0.15, 0.2) is 0 Å². The Morgan fingerprint density at radius 3 is 2.35 bits per heavy atom. The lowest BCUT2D eigenvalue weighted by Gasteiger charge is -2.15. The van der Waals surface area contributed by atoms with E-state index in [9.17, 15) is 18.5 Å². The number of rotatable bonds is 5. The molecule has 0 saturated heterocycles. The van der Waals surface area contributed by atoms with Gasteiger partial charge in [-0.2, -0.15) is 0 Å². The van der Waals surface area contributed by atoms with Crippen LogP contribution in [0.5, 0.6) is 0 Å². The third-order valence-electron chi connectivity index (χ3n) is 4.68. The van der Waals surface area contributed by atoms with Crippen LogP contribution in [0.3, 0.4) is 0 Å². The zero-order valence-corrected chi connectivity index (χ0v) is 16.6. The monoisotopic (exact) mass is 438 g/mol. The van der Waals surface area contributed by atoms with Gasteiger partial charge in [-0.1, -0.05) is 30.5 Å². The molecule has 0 unspecified atom stereocenters. The number of anilines is 1. The highest BCUT2D eigenvalue weighted by Crippen LogP contribution is 2.42. The molecule has 0 aromatic heterocycles. The first kappa shape index (κ1) is 18.8. The van der Waals surface area contributed by atoms with Gasteiger partial charge in [0.25, 0.3) is 15.7 Å². The lowest BCUT2D eigenvalue weighted by Crippen LogP contribution is -2.14. The number of nitro groups is 1. The van der Waals surface area contributed by atoms with Crippen LogP contribution in [-0.2, 0) is 10.0 Å². The Morgan fingerprint density at radius 1 is 1.15 bits per heavy atom. The summed E-state index contributed by atoms with van der Waals surface area (Å²) in [5, 5.41) is 11.4. The third kappa shape index (κ3) is 3.91. The first-order chi connectivity index (χ1) is 12.3. The Morgan fingerprint density at radius 2 is 1.77 bits per heavy atom. The Bertz CT molecular complexity index is 936. The van der Waals surface area contributed by atoms with Crippen molar-refractivity contribution in [2.45, 2.75) is 43.4 Å². The summed E-state index contributed by atoms with van der Waals surface area (Å²) in [4.78, 5) is 11.2. The minimum Gasteiger partial charge on any atom is -0.278 e. The zero-order chi connectivity index (χ0) is 18.9. The van der Waals surface area contributed by atoms with Crippen molar-refractivity contribution >= 4 is 37.3 Å². The molecular weight excluding hydrogens is 420 g/mol. The normalized spacial score (nSPS) is 15.2. The fourth-order valence-electron chi connectivity index (χ4n) is 3.30. The smallest absolute Gasteiger partial charge is 0.274 e. The maximum Gasteiger partial charge on any atom is 0.274 e. The molecule has 3 rings (SSSR count). The van der Waals surface area contributed by atoms with Gasteiger partial charge in [0, 0.05) is 16.1 Å². The maximum atomic E-state index is 12.7. The van der Waals surface area contributed by atoms with Crippen LogP contribution in [0.1, 0.15) is 42.7 Å². The van der Waals surface area contributed by atoms with Gasteiger partial charge in [-0.05, 0) is 59.8 Å². The predicted octanol–water partition coefficient (Wildman–Crippen LogP) is 5.12. The van der Waals surface area contributed by atoms with Crippen molar-refractivity contribution in [3.8, 4) is 0 Å². The van der Waals surface area contributed by atoms with Crippen molar-refractivity contribution in [1.29, 1.82) is 0 Å². The Balaban J connectivity index is 2.00. The average Bonchev–Trinajstić information content (AvgIpc) is 3.11. The van der Waals surface area contributed by atoms with Gasteiger partial charge < -0.3 is 0 Å². The molecule has 6 nitrogen and oxygen atoms in total. The summed E-state index contributed by atoms with van der Waals surface area (Å²) < 4.78 is 28.2. The van der Waals surface area contributed by atoms with Crippen molar-refractivity contribution in [3.05, 3.63) is 62.1 Å². The molecule has 0 atom stereocenters. The molecule has 0 spiro atoms. The molecule has 138 valence electrons. The Kier molecular flexibility index (Phi) is 5.34. The van der Waals surface area contributed by atoms with Crippen molar-refractivity contribution in [3.63, 3.8) is 0 Å². The van der Waals surface area contributed by atoms with Gasteiger partial charge in [0.1, 0.15) is 0 Å². The van der Waals surface area contributed by atoms with E-state index in [-0.39, 0.29) is 16.5 Å². The van der Waals surface area contributed by atoms with E-state index in [0.29, 0.717) is 15.7 Å². The minimum absolute atomic E-state index is 0.0297. The van der Waals surface area contributed by atoms with Crippen LogP contribution in [-0.4, -0.2) is 13.3 Å². The SMILES string of the molecule is Cc1ccc(S(=O)(=O)Nc2cc(C3CCCC3)c([N+](=O)[O-])cc2Br)cc1. The largest absolute Gasteiger partial charge is 0.278 e. The summed E-state index contributed by atoms with van der Waals surface area (Å²) in [6.07, 6.45) is 3.82. The fourth-order valence-corrected chi connectivity index (χ4v) is 4.93. The van der Waals surface area contributed by atoms with Crippen molar-refractivity contribution in [2.75, 3.05) is 4.72 Å². The quantitative estimate of drug-likeness (QED) is 0.517. The third-order valence-corrected chi connectivity index (χ3v) is 6.72. The Hall–Kier alpha value is -1.93. The first-order valence-electron chi connectivity index (χ1n) is 8.35. The second-order valence-corrected chi connectivity index (χ2v) is 9.08. The molecular formula is C18H19BrN2O4S. The highest BCUT2D eigenvalue weighted by atomic mass is 79.9. The van der Waals surface area contributed by atoms with E-state index >= 15 is 0 Å². The van der Waals surface area contributed by atoms with Gasteiger partial charge in [-0.25, -0.2) is 8.42 Å². The summed E-state index contributed by atoms with van der Waals surface area (Å²) in [5.74, 6) is 0.0890. The lowest BCUT2D eigenvalue weighted by molar-refractivity contribution is -0.385. The van der Waals surface area contributed by atoms with Crippen LogP contribution < -0.4 is 4.72 Å². The molecule has 26 heavy (non-hydrogen) atoms. The molecule has 2 aromatic rings. The highest BCUT2D eigenvalue weighted by molar-refractivity contribution is 9.10. The van der Waals surface area contributed by atoms with Crippen molar-refractivity contribution in [1.82, 2.24) is 0 Å². The number of nitro benzene ring substituents is 1. The van der Waals surface area contributed by atoms with Gasteiger partial charge in [0.2, 0.25) is 0 Å². The number of sulfonamides is 1. The van der Waals surface area contributed by atoms with E-state index in [1.807, 2.05) is 6.92 Å². The van der Waals surface area contributed by atoms with E-state index < -0.39 is 14.9 Å².